The van der Waals surface area contributed by atoms with Crippen molar-refractivity contribution >= 4 is 26.8 Å². The Hall–Kier alpha value is -4.00. The predicted molar refractivity (Wildman–Crippen MR) is 147 cm³/mol. The van der Waals surface area contributed by atoms with Crippen LogP contribution in [0, 0.1) is 23.1 Å². The summed E-state index contributed by atoms with van der Waals surface area (Å²) in [5, 5.41) is 13.3. The van der Waals surface area contributed by atoms with Crippen LogP contribution >= 0.6 is 0 Å². The molecule has 1 fully saturated rings. The second kappa shape index (κ2) is 11.0. The largest absolute Gasteiger partial charge is 0.354 e. The SMILES string of the molecule is C[C@@H](NC(=O)C1CCC(NS(=O)(=O)c2ccc3cc(-c4ccccc4C#N)[nH]c3c2)CC1)c1ccc(F)cc1. The highest BCUT2D eigenvalue weighted by atomic mass is 32.2. The van der Waals surface area contributed by atoms with E-state index in [1.807, 2.05) is 25.1 Å². The zero-order valence-electron chi connectivity index (χ0n) is 21.4. The lowest BCUT2D eigenvalue weighted by Crippen LogP contribution is -2.41. The van der Waals surface area contributed by atoms with Crippen LogP contribution in [0.5, 0.6) is 0 Å². The number of nitrogens with one attached hydrogen (secondary N) is 3. The molecule has 3 aromatic carbocycles. The molecule has 5 rings (SSSR count). The first-order valence-electron chi connectivity index (χ1n) is 12.9. The Labute approximate surface area is 227 Å². The van der Waals surface area contributed by atoms with E-state index in [0.717, 1.165) is 22.2 Å². The van der Waals surface area contributed by atoms with E-state index in [1.54, 1.807) is 42.5 Å². The van der Waals surface area contributed by atoms with Gasteiger partial charge in [-0.15, -0.1) is 0 Å². The summed E-state index contributed by atoms with van der Waals surface area (Å²) in [7, 11) is -3.77. The number of rotatable bonds is 7. The summed E-state index contributed by atoms with van der Waals surface area (Å²) in [5.41, 5.74) is 3.53. The third-order valence-corrected chi connectivity index (χ3v) is 8.91. The van der Waals surface area contributed by atoms with E-state index >= 15 is 0 Å². The number of nitriles is 1. The molecule has 200 valence electrons. The maximum atomic E-state index is 13.2. The van der Waals surface area contributed by atoms with Gasteiger partial charge in [0.05, 0.1) is 22.6 Å². The number of nitrogens with zero attached hydrogens (tertiary/aromatic N) is 1. The fourth-order valence-corrected chi connectivity index (χ4v) is 6.49. The maximum Gasteiger partial charge on any atom is 0.240 e. The minimum atomic E-state index is -3.77. The van der Waals surface area contributed by atoms with Gasteiger partial charge in [0.1, 0.15) is 5.82 Å². The number of amides is 1. The highest BCUT2D eigenvalue weighted by Crippen LogP contribution is 2.30. The minimum absolute atomic E-state index is 0.0703. The van der Waals surface area contributed by atoms with Gasteiger partial charge < -0.3 is 10.3 Å². The first kappa shape index (κ1) is 26.6. The number of aromatic amines is 1. The molecule has 0 unspecified atom stereocenters. The number of sulfonamides is 1. The molecule has 1 atom stereocenters. The molecule has 1 aliphatic carbocycles. The van der Waals surface area contributed by atoms with Gasteiger partial charge in [-0.2, -0.15) is 5.26 Å². The highest BCUT2D eigenvalue weighted by molar-refractivity contribution is 7.89. The lowest BCUT2D eigenvalue weighted by atomic mass is 9.85. The number of hydrogen-bond acceptors (Lipinski definition) is 4. The number of fused-ring (bicyclic) bond motifs is 1. The first-order valence-corrected chi connectivity index (χ1v) is 14.4. The van der Waals surface area contributed by atoms with E-state index in [9.17, 15) is 22.9 Å². The summed E-state index contributed by atoms with van der Waals surface area (Å²) >= 11 is 0. The van der Waals surface area contributed by atoms with Crippen molar-refractivity contribution in [2.75, 3.05) is 0 Å². The molecule has 1 heterocycles. The molecule has 39 heavy (non-hydrogen) atoms. The normalized spacial score (nSPS) is 18.4. The van der Waals surface area contributed by atoms with Gasteiger partial charge in [-0.1, -0.05) is 36.4 Å². The Morgan fingerprint density at radius 3 is 2.46 bits per heavy atom. The Morgan fingerprint density at radius 2 is 1.74 bits per heavy atom. The van der Waals surface area contributed by atoms with Gasteiger partial charge in [-0.3, -0.25) is 4.79 Å². The van der Waals surface area contributed by atoms with Gasteiger partial charge in [0, 0.05) is 34.1 Å². The van der Waals surface area contributed by atoms with Gasteiger partial charge in [-0.25, -0.2) is 17.5 Å². The molecule has 0 aliphatic heterocycles. The van der Waals surface area contributed by atoms with Crippen LogP contribution < -0.4 is 10.0 Å². The van der Waals surface area contributed by atoms with Crippen molar-refractivity contribution in [2.45, 2.75) is 49.6 Å². The third-order valence-electron chi connectivity index (χ3n) is 7.39. The molecule has 0 bridgehead atoms. The standard InChI is InChI=1S/C30H29FN4O3S/c1-19(20-6-11-24(31)12-7-20)33-30(36)21-8-13-25(14-9-21)35-39(37,38)26-15-10-22-16-29(34-28(22)17-26)27-5-3-2-4-23(27)18-32/h2-7,10-12,15-17,19,21,25,34-35H,8-9,13-14H2,1H3,(H,33,36)/t19-,21?,25?/m1/s1. The fraction of sp³-hybridized carbons (Fsp3) is 0.267. The van der Waals surface area contributed by atoms with Crippen LogP contribution in [-0.2, 0) is 14.8 Å². The van der Waals surface area contributed by atoms with E-state index in [-0.39, 0.29) is 34.6 Å². The van der Waals surface area contributed by atoms with E-state index in [0.29, 0.717) is 36.8 Å². The molecule has 0 radical (unpaired) electrons. The highest BCUT2D eigenvalue weighted by Gasteiger charge is 2.30. The maximum absolute atomic E-state index is 13.2. The minimum Gasteiger partial charge on any atom is -0.354 e. The number of hydrogen-bond donors (Lipinski definition) is 3. The summed E-state index contributed by atoms with van der Waals surface area (Å²) in [6, 6.07) is 21.8. The monoisotopic (exact) mass is 544 g/mol. The van der Waals surface area contributed by atoms with Crippen LogP contribution in [0.2, 0.25) is 0 Å². The van der Waals surface area contributed by atoms with Crippen molar-refractivity contribution in [3.05, 3.63) is 89.7 Å². The Balaban J connectivity index is 1.21. The van der Waals surface area contributed by atoms with E-state index in [1.165, 1.54) is 12.1 Å². The smallest absolute Gasteiger partial charge is 0.240 e. The Kier molecular flexibility index (Phi) is 7.51. The van der Waals surface area contributed by atoms with Crippen LogP contribution in [0.1, 0.15) is 49.8 Å². The first-order chi connectivity index (χ1) is 18.7. The predicted octanol–water partition coefficient (Wildman–Crippen LogP) is 5.56. The number of carbonyl (C=O) groups excluding carboxylic acids is 1. The van der Waals surface area contributed by atoms with Gasteiger partial charge in [0.25, 0.3) is 0 Å². The van der Waals surface area contributed by atoms with Crippen molar-refractivity contribution in [1.29, 1.82) is 5.26 Å². The Bertz CT molecular complexity index is 1650. The summed E-state index contributed by atoms with van der Waals surface area (Å²) in [6.07, 6.45) is 2.27. The molecule has 4 aromatic rings. The lowest BCUT2D eigenvalue weighted by Gasteiger charge is -2.29. The molecule has 1 amide bonds. The van der Waals surface area contributed by atoms with Crippen LogP contribution in [0.25, 0.3) is 22.2 Å². The van der Waals surface area contributed by atoms with Gasteiger partial charge >= 0.3 is 0 Å². The quantitative estimate of drug-likeness (QED) is 0.283. The summed E-state index contributed by atoms with van der Waals surface area (Å²) in [4.78, 5) is 16.2. The Morgan fingerprint density at radius 1 is 1.03 bits per heavy atom. The number of halogens is 1. The van der Waals surface area contributed by atoms with Crippen LogP contribution in [0.15, 0.2) is 77.7 Å². The molecule has 1 saturated carbocycles. The van der Waals surface area contributed by atoms with Crippen molar-refractivity contribution in [1.82, 2.24) is 15.0 Å². The van der Waals surface area contributed by atoms with Crippen molar-refractivity contribution in [2.24, 2.45) is 5.92 Å². The van der Waals surface area contributed by atoms with Crippen LogP contribution in [-0.4, -0.2) is 25.4 Å². The number of aromatic nitrogens is 1. The average molecular weight is 545 g/mol. The van der Waals surface area contributed by atoms with Gasteiger partial charge in [0.2, 0.25) is 15.9 Å². The summed E-state index contributed by atoms with van der Waals surface area (Å²) in [5.74, 6) is -0.588. The molecule has 1 aromatic heterocycles. The number of benzene rings is 3. The molecule has 7 nitrogen and oxygen atoms in total. The summed E-state index contributed by atoms with van der Waals surface area (Å²) in [6.45, 7) is 1.86. The summed E-state index contributed by atoms with van der Waals surface area (Å²) < 4.78 is 42.4. The fourth-order valence-electron chi connectivity index (χ4n) is 5.16. The van der Waals surface area contributed by atoms with Crippen molar-refractivity contribution in [3.63, 3.8) is 0 Å². The molecule has 3 N–H and O–H groups in total. The number of H-pyrrole nitrogens is 1. The molecular formula is C30H29FN4O3S. The molecule has 9 heteroatoms. The average Bonchev–Trinajstić information content (AvgIpc) is 3.37. The zero-order chi connectivity index (χ0) is 27.6. The third kappa shape index (κ3) is 5.87. The second-order valence-corrected chi connectivity index (χ2v) is 11.8. The molecule has 0 saturated heterocycles. The van der Waals surface area contributed by atoms with Crippen molar-refractivity contribution < 1.29 is 17.6 Å². The van der Waals surface area contributed by atoms with Gasteiger partial charge in [-0.05, 0) is 74.6 Å². The molecule has 1 aliphatic rings. The zero-order valence-corrected chi connectivity index (χ0v) is 22.3. The van der Waals surface area contributed by atoms with E-state index in [2.05, 4.69) is 21.1 Å². The van der Waals surface area contributed by atoms with E-state index < -0.39 is 10.0 Å². The molecule has 0 spiro atoms. The lowest BCUT2D eigenvalue weighted by molar-refractivity contribution is -0.126. The van der Waals surface area contributed by atoms with Crippen LogP contribution in [0.3, 0.4) is 0 Å². The molecular weight excluding hydrogens is 515 g/mol. The van der Waals surface area contributed by atoms with Crippen molar-refractivity contribution in [3.8, 4) is 17.3 Å². The van der Waals surface area contributed by atoms with Crippen LogP contribution in [0.4, 0.5) is 4.39 Å². The topological polar surface area (TPSA) is 115 Å². The van der Waals surface area contributed by atoms with Gasteiger partial charge in [0.15, 0.2) is 0 Å². The van der Waals surface area contributed by atoms with E-state index in [4.69, 9.17) is 0 Å². The second-order valence-electron chi connectivity index (χ2n) is 10.0. The number of carbonyl (C=O) groups is 1.